The molecule has 1 aliphatic rings. The summed E-state index contributed by atoms with van der Waals surface area (Å²) in [5, 5.41) is 8.62. The minimum absolute atomic E-state index is 0.130. The molecule has 1 aromatic rings. The third-order valence-corrected chi connectivity index (χ3v) is 4.70. The van der Waals surface area contributed by atoms with Crippen LogP contribution in [0.15, 0.2) is 24.3 Å². The Bertz CT molecular complexity index is 597. The lowest BCUT2D eigenvalue weighted by Crippen LogP contribution is -2.13. The highest BCUT2D eigenvalue weighted by Gasteiger charge is 2.16. The lowest BCUT2D eigenvalue weighted by Gasteiger charge is -2.02. The zero-order valence-electron chi connectivity index (χ0n) is 12.0. The van der Waals surface area contributed by atoms with Gasteiger partial charge in [0, 0.05) is 6.54 Å². The number of rotatable bonds is 4. The van der Waals surface area contributed by atoms with Crippen LogP contribution < -0.4 is 5.73 Å². The second kappa shape index (κ2) is 8.50. The summed E-state index contributed by atoms with van der Waals surface area (Å²) in [5.41, 5.74) is 5.61. The van der Waals surface area contributed by atoms with E-state index in [0.717, 1.165) is 12.8 Å². The first kappa shape index (κ1) is 18.1. The standard InChI is InChI=1S/C10H11NO4.C4H8O2S/c11-5-6-15-10(14)8-3-1-7(2-4-8)9(12)13;5-7(6)3-1-2-4-7/h1-4H,5-6,11H2,(H,12,13);1-4H2. The van der Waals surface area contributed by atoms with Crippen molar-refractivity contribution < 1.29 is 27.9 Å². The molecule has 2 rings (SSSR count). The van der Waals surface area contributed by atoms with Gasteiger partial charge in [-0.05, 0) is 37.1 Å². The fourth-order valence-electron chi connectivity index (χ4n) is 1.73. The molecule has 8 heteroatoms. The normalized spacial score (nSPS) is 15.5. The molecule has 0 saturated carbocycles. The van der Waals surface area contributed by atoms with E-state index in [2.05, 4.69) is 0 Å². The molecule has 0 amide bonds. The van der Waals surface area contributed by atoms with Crippen molar-refractivity contribution in [2.45, 2.75) is 12.8 Å². The van der Waals surface area contributed by atoms with Gasteiger partial charge in [0.05, 0.1) is 22.6 Å². The molecule has 122 valence electrons. The molecule has 1 saturated heterocycles. The average molecular weight is 329 g/mol. The van der Waals surface area contributed by atoms with E-state index >= 15 is 0 Å². The number of sulfone groups is 1. The Kier molecular flexibility index (Phi) is 7.00. The number of carbonyl (C=O) groups is 2. The number of hydrogen-bond acceptors (Lipinski definition) is 6. The molecule has 0 spiro atoms. The number of ether oxygens (including phenoxy) is 1. The van der Waals surface area contributed by atoms with Crippen LogP contribution in [0.3, 0.4) is 0 Å². The zero-order chi connectivity index (χ0) is 16.6. The van der Waals surface area contributed by atoms with E-state index in [4.69, 9.17) is 15.6 Å². The number of aromatic carboxylic acids is 1. The van der Waals surface area contributed by atoms with Crippen LogP contribution in [0.25, 0.3) is 0 Å². The maximum Gasteiger partial charge on any atom is 0.338 e. The third-order valence-electron chi connectivity index (χ3n) is 2.88. The number of carbonyl (C=O) groups excluding carboxylic acids is 1. The van der Waals surface area contributed by atoms with E-state index < -0.39 is 21.8 Å². The predicted octanol–water partition coefficient (Wildman–Crippen LogP) is 0.695. The fraction of sp³-hybridized carbons (Fsp3) is 0.429. The van der Waals surface area contributed by atoms with E-state index in [1.54, 1.807) is 0 Å². The zero-order valence-corrected chi connectivity index (χ0v) is 12.8. The Labute approximate surface area is 129 Å². The van der Waals surface area contributed by atoms with Crippen LogP contribution in [-0.4, -0.2) is 50.1 Å². The highest BCUT2D eigenvalue weighted by molar-refractivity contribution is 7.91. The number of nitrogens with two attached hydrogens (primary N) is 1. The van der Waals surface area contributed by atoms with Gasteiger partial charge in [-0.15, -0.1) is 0 Å². The molecule has 0 unspecified atom stereocenters. The molecule has 0 radical (unpaired) electrons. The molecule has 0 aromatic heterocycles. The Hall–Kier alpha value is -1.93. The largest absolute Gasteiger partial charge is 0.478 e. The van der Waals surface area contributed by atoms with Crippen molar-refractivity contribution in [2.24, 2.45) is 5.73 Å². The van der Waals surface area contributed by atoms with Crippen LogP contribution in [0.2, 0.25) is 0 Å². The highest BCUT2D eigenvalue weighted by Crippen LogP contribution is 2.08. The van der Waals surface area contributed by atoms with Crippen molar-refractivity contribution in [3.63, 3.8) is 0 Å². The second-order valence-corrected chi connectivity index (χ2v) is 6.97. The van der Waals surface area contributed by atoms with Gasteiger partial charge in [0.25, 0.3) is 0 Å². The van der Waals surface area contributed by atoms with Crippen LogP contribution in [0, 0.1) is 0 Å². The molecule has 1 aromatic carbocycles. The lowest BCUT2D eigenvalue weighted by atomic mass is 10.1. The number of carboxylic acid groups (broad SMARTS) is 1. The van der Waals surface area contributed by atoms with Crippen molar-refractivity contribution in [2.75, 3.05) is 24.7 Å². The van der Waals surface area contributed by atoms with Crippen LogP contribution in [-0.2, 0) is 14.6 Å². The van der Waals surface area contributed by atoms with Gasteiger partial charge in [0.1, 0.15) is 16.4 Å². The summed E-state index contributed by atoms with van der Waals surface area (Å²) in [6.45, 7) is 0.415. The van der Waals surface area contributed by atoms with E-state index in [-0.39, 0.29) is 18.7 Å². The van der Waals surface area contributed by atoms with Crippen molar-refractivity contribution in [3.05, 3.63) is 35.4 Å². The molecule has 3 N–H and O–H groups in total. The van der Waals surface area contributed by atoms with Crippen molar-refractivity contribution >= 4 is 21.8 Å². The number of esters is 1. The Morgan fingerprint density at radius 2 is 1.59 bits per heavy atom. The summed E-state index contributed by atoms with van der Waals surface area (Å²) in [5.74, 6) is -0.686. The molecule has 7 nitrogen and oxygen atoms in total. The molecule has 0 aliphatic carbocycles. The maximum absolute atomic E-state index is 11.3. The Balaban J connectivity index is 0.000000287. The summed E-state index contributed by atoms with van der Waals surface area (Å²) < 4.78 is 25.6. The quantitative estimate of drug-likeness (QED) is 0.779. The number of carboxylic acids is 1. The smallest absolute Gasteiger partial charge is 0.338 e. The Morgan fingerprint density at radius 3 is 1.95 bits per heavy atom. The van der Waals surface area contributed by atoms with Crippen molar-refractivity contribution in [1.29, 1.82) is 0 Å². The molecule has 0 atom stereocenters. The predicted molar refractivity (Wildman–Crippen MR) is 80.6 cm³/mol. The maximum atomic E-state index is 11.3. The number of benzene rings is 1. The Morgan fingerprint density at radius 1 is 1.09 bits per heavy atom. The van der Waals surface area contributed by atoms with Gasteiger partial charge in [-0.1, -0.05) is 0 Å². The van der Waals surface area contributed by atoms with E-state index in [0.29, 0.717) is 17.1 Å². The van der Waals surface area contributed by atoms with Gasteiger partial charge in [0.2, 0.25) is 0 Å². The van der Waals surface area contributed by atoms with Crippen LogP contribution in [0.5, 0.6) is 0 Å². The van der Waals surface area contributed by atoms with Gasteiger partial charge >= 0.3 is 11.9 Å². The second-order valence-electron chi connectivity index (χ2n) is 4.67. The van der Waals surface area contributed by atoms with E-state index in [9.17, 15) is 18.0 Å². The minimum Gasteiger partial charge on any atom is -0.478 e. The van der Waals surface area contributed by atoms with Gasteiger partial charge in [-0.2, -0.15) is 0 Å². The molecule has 0 bridgehead atoms. The van der Waals surface area contributed by atoms with Gasteiger partial charge in [0.15, 0.2) is 0 Å². The molecular weight excluding hydrogens is 310 g/mol. The van der Waals surface area contributed by atoms with Gasteiger partial charge < -0.3 is 15.6 Å². The summed E-state index contributed by atoms with van der Waals surface area (Å²) >= 11 is 0. The molecule has 1 heterocycles. The van der Waals surface area contributed by atoms with Crippen LogP contribution >= 0.6 is 0 Å². The van der Waals surface area contributed by atoms with E-state index in [1.807, 2.05) is 0 Å². The molecule has 22 heavy (non-hydrogen) atoms. The minimum atomic E-state index is -2.55. The van der Waals surface area contributed by atoms with Gasteiger partial charge in [-0.25, -0.2) is 18.0 Å². The highest BCUT2D eigenvalue weighted by atomic mass is 32.2. The summed E-state index contributed by atoms with van der Waals surface area (Å²) in [4.78, 5) is 21.8. The van der Waals surface area contributed by atoms with Gasteiger partial charge in [-0.3, -0.25) is 0 Å². The lowest BCUT2D eigenvalue weighted by molar-refractivity contribution is 0.0515. The fourth-order valence-corrected chi connectivity index (χ4v) is 3.22. The SMILES string of the molecule is NCCOC(=O)c1ccc(C(=O)O)cc1.O=S1(=O)CCCC1. The third kappa shape index (κ3) is 6.23. The number of hydrogen-bond donors (Lipinski definition) is 2. The van der Waals surface area contributed by atoms with Crippen LogP contribution in [0.1, 0.15) is 33.6 Å². The van der Waals surface area contributed by atoms with Crippen molar-refractivity contribution in [3.8, 4) is 0 Å². The summed E-state index contributed by atoms with van der Waals surface area (Å²) in [6.07, 6.45) is 1.75. The monoisotopic (exact) mass is 329 g/mol. The molecule has 1 fully saturated rings. The molecular formula is C14H19NO6S. The summed E-state index contributed by atoms with van der Waals surface area (Å²) in [6, 6.07) is 5.51. The first-order valence-electron chi connectivity index (χ1n) is 6.76. The molecule has 1 aliphatic heterocycles. The van der Waals surface area contributed by atoms with Crippen molar-refractivity contribution in [1.82, 2.24) is 0 Å². The summed E-state index contributed by atoms with van der Waals surface area (Å²) in [7, 11) is -2.55. The average Bonchev–Trinajstić information content (AvgIpc) is 2.90. The first-order chi connectivity index (χ1) is 10.4. The topological polar surface area (TPSA) is 124 Å². The van der Waals surface area contributed by atoms with Crippen LogP contribution in [0.4, 0.5) is 0 Å². The first-order valence-corrected chi connectivity index (χ1v) is 8.59. The van der Waals surface area contributed by atoms with E-state index in [1.165, 1.54) is 24.3 Å².